The summed E-state index contributed by atoms with van der Waals surface area (Å²) in [5.41, 5.74) is 2.84. The lowest BCUT2D eigenvalue weighted by atomic mass is 10.1. The molecule has 1 N–H and O–H groups in total. The summed E-state index contributed by atoms with van der Waals surface area (Å²) < 4.78 is 5.61. The van der Waals surface area contributed by atoms with Gasteiger partial charge in [-0.05, 0) is 63.5 Å². The van der Waals surface area contributed by atoms with Crippen LogP contribution in [0.25, 0.3) is 0 Å². The number of hydrogen-bond acceptors (Lipinski definition) is 2. The fraction of sp³-hybridized carbons (Fsp3) is 0.353. The Bertz CT molecular complexity index is 495. The molecule has 1 aromatic carbocycles. The molecule has 0 aliphatic heterocycles. The molecule has 108 valence electrons. The first kappa shape index (κ1) is 16.0. The molecule has 0 unspecified atom stereocenters. The van der Waals surface area contributed by atoms with E-state index in [0.29, 0.717) is 12.4 Å². The lowest BCUT2D eigenvalue weighted by Crippen LogP contribution is -2.00. The first-order valence-electron chi connectivity index (χ1n) is 6.76. The fourth-order valence-electron chi connectivity index (χ4n) is 1.64. The molecule has 0 aromatic heterocycles. The SMILES string of the molecule is C/C=C(\C)CCC=C(C)COc1ccc(C(=O)O)cc1. The van der Waals surface area contributed by atoms with Crippen LogP contribution in [-0.2, 0) is 0 Å². The van der Waals surface area contributed by atoms with E-state index >= 15 is 0 Å². The summed E-state index contributed by atoms with van der Waals surface area (Å²) in [5, 5.41) is 8.80. The standard InChI is InChI=1S/C17H22O3/c1-4-13(2)6-5-7-14(3)12-20-16-10-8-15(9-11-16)17(18)19/h4,7-11H,5-6,12H2,1-3H3,(H,18,19)/b13-4+,14-7?. The molecule has 0 aliphatic carbocycles. The van der Waals surface area contributed by atoms with Gasteiger partial charge in [-0.2, -0.15) is 0 Å². The maximum Gasteiger partial charge on any atom is 0.335 e. The van der Waals surface area contributed by atoms with Crippen molar-refractivity contribution in [2.24, 2.45) is 0 Å². The van der Waals surface area contributed by atoms with E-state index in [-0.39, 0.29) is 5.56 Å². The van der Waals surface area contributed by atoms with E-state index in [9.17, 15) is 4.79 Å². The lowest BCUT2D eigenvalue weighted by Gasteiger charge is -2.07. The lowest BCUT2D eigenvalue weighted by molar-refractivity contribution is 0.0697. The number of hydrogen-bond donors (Lipinski definition) is 1. The molecule has 0 saturated heterocycles. The van der Waals surface area contributed by atoms with Crippen molar-refractivity contribution in [1.82, 2.24) is 0 Å². The zero-order valence-electron chi connectivity index (χ0n) is 12.3. The second-order valence-corrected chi connectivity index (χ2v) is 4.84. The third-order valence-electron chi connectivity index (χ3n) is 3.09. The van der Waals surface area contributed by atoms with Crippen LogP contribution in [0.15, 0.2) is 47.6 Å². The number of ether oxygens (including phenoxy) is 1. The molecule has 1 rings (SSSR count). The summed E-state index contributed by atoms with van der Waals surface area (Å²) in [7, 11) is 0. The minimum absolute atomic E-state index is 0.270. The van der Waals surface area contributed by atoms with Crippen molar-refractivity contribution < 1.29 is 14.6 Å². The van der Waals surface area contributed by atoms with Gasteiger partial charge in [0.1, 0.15) is 12.4 Å². The van der Waals surface area contributed by atoms with E-state index in [2.05, 4.69) is 26.0 Å². The van der Waals surface area contributed by atoms with Gasteiger partial charge in [0, 0.05) is 0 Å². The highest BCUT2D eigenvalue weighted by Gasteiger charge is 2.02. The molecule has 0 aliphatic rings. The third kappa shape index (κ3) is 5.74. The topological polar surface area (TPSA) is 46.5 Å². The van der Waals surface area contributed by atoms with E-state index < -0.39 is 5.97 Å². The predicted octanol–water partition coefficient (Wildman–Crippen LogP) is 4.46. The fourth-order valence-corrected chi connectivity index (χ4v) is 1.64. The van der Waals surface area contributed by atoms with Gasteiger partial charge in [0.15, 0.2) is 0 Å². The number of allylic oxidation sites excluding steroid dienone is 3. The zero-order valence-corrected chi connectivity index (χ0v) is 12.3. The summed E-state index contributed by atoms with van der Waals surface area (Å²) in [6.45, 7) is 6.75. The van der Waals surface area contributed by atoms with E-state index in [4.69, 9.17) is 9.84 Å². The summed E-state index contributed by atoms with van der Waals surface area (Å²) in [6.07, 6.45) is 6.40. The van der Waals surface area contributed by atoms with E-state index in [1.54, 1.807) is 24.3 Å². The highest BCUT2D eigenvalue weighted by molar-refractivity contribution is 5.87. The number of carboxylic acids is 1. The molecule has 0 saturated carbocycles. The molecule has 0 amide bonds. The van der Waals surface area contributed by atoms with Gasteiger partial charge in [0.05, 0.1) is 5.56 Å². The van der Waals surface area contributed by atoms with Gasteiger partial charge < -0.3 is 9.84 Å². The average Bonchev–Trinajstić information content (AvgIpc) is 2.45. The molecule has 0 heterocycles. The van der Waals surface area contributed by atoms with Crippen molar-refractivity contribution in [3.8, 4) is 5.75 Å². The number of benzene rings is 1. The van der Waals surface area contributed by atoms with Crippen LogP contribution in [-0.4, -0.2) is 17.7 Å². The molecule has 0 bridgehead atoms. The quantitative estimate of drug-likeness (QED) is 0.747. The van der Waals surface area contributed by atoms with Gasteiger partial charge in [-0.3, -0.25) is 0 Å². The largest absolute Gasteiger partial charge is 0.489 e. The van der Waals surface area contributed by atoms with Crippen LogP contribution in [0.1, 0.15) is 44.0 Å². The van der Waals surface area contributed by atoms with Crippen LogP contribution >= 0.6 is 0 Å². The Morgan fingerprint density at radius 2 is 1.85 bits per heavy atom. The van der Waals surface area contributed by atoms with Gasteiger partial charge in [-0.25, -0.2) is 4.79 Å². The van der Waals surface area contributed by atoms with Gasteiger partial charge in [-0.15, -0.1) is 0 Å². The molecule has 0 spiro atoms. The van der Waals surface area contributed by atoms with Gasteiger partial charge in [0.25, 0.3) is 0 Å². The molecule has 20 heavy (non-hydrogen) atoms. The monoisotopic (exact) mass is 274 g/mol. The zero-order chi connectivity index (χ0) is 15.0. The first-order valence-corrected chi connectivity index (χ1v) is 6.76. The Morgan fingerprint density at radius 1 is 1.20 bits per heavy atom. The number of rotatable bonds is 7. The third-order valence-corrected chi connectivity index (χ3v) is 3.09. The number of aromatic carboxylic acids is 1. The van der Waals surface area contributed by atoms with Crippen molar-refractivity contribution in [3.05, 3.63) is 53.1 Å². The predicted molar refractivity (Wildman–Crippen MR) is 81.3 cm³/mol. The molecule has 3 heteroatoms. The normalized spacial score (nSPS) is 12.3. The Morgan fingerprint density at radius 3 is 2.40 bits per heavy atom. The smallest absolute Gasteiger partial charge is 0.335 e. The molecule has 0 radical (unpaired) electrons. The van der Waals surface area contributed by atoms with Gasteiger partial charge in [-0.1, -0.05) is 17.7 Å². The highest BCUT2D eigenvalue weighted by Crippen LogP contribution is 2.14. The van der Waals surface area contributed by atoms with Crippen LogP contribution in [0.4, 0.5) is 0 Å². The summed E-state index contributed by atoms with van der Waals surface area (Å²) in [4.78, 5) is 10.7. The molecule has 0 fully saturated rings. The van der Waals surface area contributed by atoms with Crippen LogP contribution in [0.5, 0.6) is 5.75 Å². The van der Waals surface area contributed by atoms with Crippen LogP contribution in [0.2, 0.25) is 0 Å². The summed E-state index contributed by atoms with van der Waals surface area (Å²) in [6, 6.07) is 6.46. The van der Waals surface area contributed by atoms with Crippen molar-refractivity contribution in [2.75, 3.05) is 6.61 Å². The maximum atomic E-state index is 10.7. The number of carboxylic acid groups (broad SMARTS) is 1. The summed E-state index contributed by atoms with van der Waals surface area (Å²) in [5.74, 6) is -0.237. The average molecular weight is 274 g/mol. The Balaban J connectivity index is 2.42. The molecular formula is C17H22O3. The van der Waals surface area contributed by atoms with Crippen LogP contribution < -0.4 is 4.74 Å². The second-order valence-electron chi connectivity index (χ2n) is 4.84. The van der Waals surface area contributed by atoms with E-state index in [1.807, 2.05) is 6.92 Å². The van der Waals surface area contributed by atoms with Crippen molar-refractivity contribution in [3.63, 3.8) is 0 Å². The molecular weight excluding hydrogens is 252 g/mol. The Labute approximate surface area is 120 Å². The summed E-state index contributed by atoms with van der Waals surface area (Å²) >= 11 is 0. The van der Waals surface area contributed by atoms with Crippen LogP contribution in [0.3, 0.4) is 0 Å². The molecule has 1 aromatic rings. The van der Waals surface area contributed by atoms with Crippen molar-refractivity contribution in [1.29, 1.82) is 0 Å². The first-order chi connectivity index (χ1) is 9.52. The Kier molecular flexibility index (Phi) is 6.57. The van der Waals surface area contributed by atoms with Crippen molar-refractivity contribution in [2.45, 2.75) is 33.6 Å². The van der Waals surface area contributed by atoms with E-state index in [0.717, 1.165) is 12.8 Å². The minimum atomic E-state index is -0.924. The van der Waals surface area contributed by atoms with Crippen LogP contribution in [0, 0.1) is 0 Å². The second kappa shape index (κ2) is 8.20. The highest BCUT2D eigenvalue weighted by atomic mass is 16.5. The van der Waals surface area contributed by atoms with Crippen molar-refractivity contribution >= 4 is 5.97 Å². The minimum Gasteiger partial charge on any atom is -0.489 e. The number of carbonyl (C=O) groups is 1. The van der Waals surface area contributed by atoms with Gasteiger partial charge in [0.2, 0.25) is 0 Å². The van der Waals surface area contributed by atoms with E-state index in [1.165, 1.54) is 11.1 Å². The molecule has 3 nitrogen and oxygen atoms in total. The Hall–Kier alpha value is -2.03. The van der Waals surface area contributed by atoms with Gasteiger partial charge >= 0.3 is 5.97 Å². The maximum absolute atomic E-state index is 10.7. The molecule has 0 atom stereocenters.